The van der Waals surface area contributed by atoms with Crippen molar-refractivity contribution in [2.45, 2.75) is 6.04 Å². The van der Waals surface area contributed by atoms with Crippen LogP contribution in [0.1, 0.15) is 17.2 Å². The first-order chi connectivity index (χ1) is 16.4. The molecule has 3 aromatic carbocycles. The van der Waals surface area contributed by atoms with Gasteiger partial charge in [-0.15, -0.1) is 0 Å². The summed E-state index contributed by atoms with van der Waals surface area (Å²) in [5, 5.41) is 11.2. The SMILES string of the molecule is COc1cccc([C@H]2/C(=C(\O)c3ccc(F)cc3)C(=O)C(=O)N2c2nc3ccc(F)cc3s2)c1. The summed E-state index contributed by atoms with van der Waals surface area (Å²) in [5.74, 6) is -2.73. The number of aliphatic hydroxyl groups excluding tert-OH is 1. The molecule has 4 aromatic rings. The topological polar surface area (TPSA) is 79.7 Å². The van der Waals surface area contributed by atoms with E-state index in [-0.39, 0.29) is 16.3 Å². The Morgan fingerprint density at radius 1 is 1.03 bits per heavy atom. The summed E-state index contributed by atoms with van der Waals surface area (Å²) in [7, 11) is 1.48. The van der Waals surface area contributed by atoms with Crippen molar-refractivity contribution in [1.82, 2.24) is 4.98 Å². The van der Waals surface area contributed by atoms with Crippen LogP contribution in [0.15, 0.2) is 72.3 Å². The van der Waals surface area contributed by atoms with E-state index in [4.69, 9.17) is 4.74 Å². The number of aromatic nitrogens is 1. The summed E-state index contributed by atoms with van der Waals surface area (Å²) in [6.07, 6.45) is 0. The van der Waals surface area contributed by atoms with Crippen LogP contribution >= 0.6 is 11.3 Å². The second-order valence-corrected chi connectivity index (χ2v) is 8.57. The predicted octanol–water partition coefficient (Wildman–Crippen LogP) is 5.21. The van der Waals surface area contributed by atoms with Crippen LogP contribution in [-0.4, -0.2) is 28.9 Å². The van der Waals surface area contributed by atoms with Gasteiger partial charge in [0, 0.05) is 5.56 Å². The van der Waals surface area contributed by atoms with Gasteiger partial charge >= 0.3 is 5.91 Å². The molecule has 0 bridgehead atoms. The quantitative estimate of drug-likeness (QED) is 0.248. The lowest BCUT2D eigenvalue weighted by atomic mass is 9.95. The van der Waals surface area contributed by atoms with Gasteiger partial charge in [0.25, 0.3) is 5.78 Å². The maximum Gasteiger partial charge on any atom is 0.301 e. The number of amides is 1. The molecule has 0 spiro atoms. The number of thiazole rings is 1. The lowest BCUT2D eigenvalue weighted by molar-refractivity contribution is -0.132. The summed E-state index contributed by atoms with van der Waals surface area (Å²) in [6, 6.07) is 14.7. The number of rotatable bonds is 4. The second kappa shape index (κ2) is 8.35. The van der Waals surface area contributed by atoms with Gasteiger partial charge in [0.1, 0.15) is 23.1 Å². The maximum absolute atomic E-state index is 13.7. The normalized spacial score (nSPS) is 17.5. The van der Waals surface area contributed by atoms with Gasteiger partial charge in [-0.2, -0.15) is 0 Å². The molecule has 5 rings (SSSR count). The van der Waals surface area contributed by atoms with Crippen LogP contribution < -0.4 is 9.64 Å². The van der Waals surface area contributed by atoms with Gasteiger partial charge in [0.05, 0.1) is 28.9 Å². The van der Waals surface area contributed by atoms with Crippen molar-refractivity contribution in [3.05, 3.63) is 95.1 Å². The Labute approximate surface area is 196 Å². The van der Waals surface area contributed by atoms with E-state index in [1.807, 2.05) is 0 Å². The van der Waals surface area contributed by atoms with Crippen LogP contribution in [0, 0.1) is 11.6 Å². The van der Waals surface area contributed by atoms with Crippen molar-refractivity contribution in [2.24, 2.45) is 0 Å². The van der Waals surface area contributed by atoms with Crippen molar-refractivity contribution in [3.63, 3.8) is 0 Å². The first kappa shape index (κ1) is 21.7. The Bertz CT molecular complexity index is 1480. The zero-order valence-electron chi connectivity index (χ0n) is 17.7. The number of ketones is 1. The van der Waals surface area contributed by atoms with Crippen LogP contribution in [0.25, 0.3) is 16.0 Å². The monoisotopic (exact) mass is 478 g/mol. The highest BCUT2D eigenvalue weighted by molar-refractivity contribution is 7.22. The number of nitrogens with zero attached hydrogens (tertiary/aromatic N) is 2. The summed E-state index contributed by atoms with van der Waals surface area (Å²) >= 11 is 1.05. The fourth-order valence-corrected chi connectivity index (χ4v) is 4.93. The number of fused-ring (bicyclic) bond motifs is 1. The molecule has 1 amide bonds. The second-order valence-electron chi connectivity index (χ2n) is 7.56. The minimum Gasteiger partial charge on any atom is -0.507 e. The standard InChI is InChI=1S/C25H16F2N2O4S/c1-33-17-4-2-3-14(11-17)21-20(22(30)13-5-7-15(26)8-6-13)23(31)24(32)29(21)25-28-18-10-9-16(27)12-19(18)34-25/h2-12,21,30H,1H3/b22-20+/t21-/m0/s1. The third kappa shape index (κ3) is 3.60. The van der Waals surface area contributed by atoms with E-state index in [0.717, 1.165) is 23.5 Å². The van der Waals surface area contributed by atoms with Crippen LogP contribution in [-0.2, 0) is 9.59 Å². The number of hydrogen-bond donors (Lipinski definition) is 1. The van der Waals surface area contributed by atoms with Gasteiger partial charge in [-0.05, 0) is 60.2 Å². The number of benzene rings is 3. The third-order valence-corrected chi connectivity index (χ3v) is 6.53. The largest absolute Gasteiger partial charge is 0.507 e. The number of ether oxygens (including phenoxy) is 1. The summed E-state index contributed by atoms with van der Waals surface area (Å²) in [6.45, 7) is 0. The van der Waals surface area contributed by atoms with Crippen LogP contribution in [0.4, 0.5) is 13.9 Å². The zero-order chi connectivity index (χ0) is 24.0. The average Bonchev–Trinajstić information content (AvgIpc) is 3.37. The highest BCUT2D eigenvalue weighted by atomic mass is 32.1. The Hall–Kier alpha value is -4.11. The molecule has 1 aliphatic rings. The van der Waals surface area contributed by atoms with E-state index < -0.39 is 35.1 Å². The molecule has 1 fully saturated rings. The molecule has 0 radical (unpaired) electrons. The van der Waals surface area contributed by atoms with Crippen molar-refractivity contribution in [1.29, 1.82) is 0 Å². The Balaban J connectivity index is 1.74. The van der Waals surface area contributed by atoms with Gasteiger partial charge < -0.3 is 9.84 Å². The fourth-order valence-electron chi connectivity index (χ4n) is 3.91. The minimum absolute atomic E-state index is 0.171. The summed E-state index contributed by atoms with van der Waals surface area (Å²) in [5.41, 5.74) is 0.966. The summed E-state index contributed by atoms with van der Waals surface area (Å²) in [4.78, 5) is 32.0. The van der Waals surface area contributed by atoms with E-state index >= 15 is 0 Å². The number of carbonyl (C=O) groups excluding carboxylic acids is 2. The van der Waals surface area contributed by atoms with E-state index in [1.165, 1.54) is 42.3 Å². The number of Topliss-reactive ketones (excluding diaryl/α,β-unsaturated/α-hetero) is 1. The molecule has 34 heavy (non-hydrogen) atoms. The minimum atomic E-state index is -1.04. The zero-order valence-corrected chi connectivity index (χ0v) is 18.5. The van der Waals surface area contributed by atoms with Crippen LogP contribution in [0.3, 0.4) is 0 Å². The van der Waals surface area contributed by atoms with E-state index in [2.05, 4.69) is 4.98 Å². The molecule has 1 N–H and O–H groups in total. The summed E-state index contributed by atoms with van der Waals surface area (Å²) < 4.78 is 33.0. The number of methoxy groups -OCH3 is 1. The van der Waals surface area contributed by atoms with Crippen molar-refractivity contribution in [3.8, 4) is 5.75 Å². The molecule has 6 nitrogen and oxygen atoms in total. The maximum atomic E-state index is 13.7. The smallest absolute Gasteiger partial charge is 0.301 e. The molecule has 0 saturated carbocycles. The van der Waals surface area contributed by atoms with E-state index in [9.17, 15) is 23.5 Å². The first-order valence-electron chi connectivity index (χ1n) is 10.1. The molecule has 1 aromatic heterocycles. The lowest BCUT2D eigenvalue weighted by Crippen LogP contribution is -2.29. The van der Waals surface area contributed by atoms with Gasteiger partial charge in [-0.3, -0.25) is 14.5 Å². The lowest BCUT2D eigenvalue weighted by Gasteiger charge is -2.23. The Morgan fingerprint density at radius 2 is 1.76 bits per heavy atom. The molecule has 0 aliphatic carbocycles. The highest BCUT2D eigenvalue weighted by Gasteiger charge is 2.48. The van der Waals surface area contributed by atoms with Crippen LogP contribution in [0.2, 0.25) is 0 Å². The molecule has 1 aliphatic heterocycles. The molecule has 2 heterocycles. The van der Waals surface area contributed by atoms with Gasteiger partial charge in [0.15, 0.2) is 5.13 Å². The van der Waals surface area contributed by atoms with Gasteiger partial charge in [0.2, 0.25) is 0 Å². The van der Waals surface area contributed by atoms with E-state index in [1.54, 1.807) is 24.3 Å². The number of anilines is 1. The Morgan fingerprint density at radius 3 is 2.50 bits per heavy atom. The van der Waals surface area contributed by atoms with Crippen LogP contribution in [0.5, 0.6) is 5.75 Å². The highest BCUT2D eigenvalue weighted by Crippen LogP contribution is 2.44. The molecule has 1 saturated heterocycles. The first-order valence-corrected chi connectivity index (χ1v) is 11.0. The molecule has 0 unspecified atom stereocenters. The molecular formula is C25H16F2N2O4S. The van der Waals surface area contributed by atoms with Gasteiger partial charge in [-0.1, -0.05) is 23.5 Å². The van der Waals surface area contributed by atoms with Crippen molar-refractivity contribution in [2.75, 3.05) is 12.0 Å². The predicted molar refractivity (Wildman–Crippen MR) is 124 cm³/mol. The molecule has 1 atom stereocenters. The van der Waals surface area contributed by atoms with Crippen molar-refractivity contribution >= 4 is 44.1 Å². The number of halogens is 2. The van der Waals surface area contributed by atoms with Crippen molar-refractivity contribution < 1.29 is 28.2 Å². The number of aliphatic hydroxyl groups is 1. The number of hydrogen-bond acceptors (Lipinski definition) is 6. The van der Waals surface area contributed by atoms with Gasteiger partial charge in [-0.25, -0.2) is 13.8 Å². The molecular weight excluding hydrogens is 462 g/mol. The molecule has 170 valence electrons. The number of carbonyl (C=O) groups is 2. The average molecular weight is 478 g/mol. The Kier molecular flexibility index (Phi) is 5.33. The van der Waals surface area contributed by atoms with E-state index in [0.29, 0.717) is 21.5 Å². The fraction of sp³-hybridized carbons (Fsp3) is 0.0800. The molecule has 9 heteroatoms. The third-order valence-electron chi connectivity index (χ3n) is 5.52.